The summed E-state index contributed by atoms with van der Waals surface area (Å²) in [6.45, 7) is 0. The summed E-state index contributed by atoms with van der Waals surface area (Å²) in [5, 5.41) is 11.0. The van der Waals surface area contributed by atoms with Crippen molar-refractivity contribution in [1.82, 2.24) is 0 Å². The molecule has 80 valence electrons. The third-order valence-corrected chi connectivity index (χ3v) is 2.06. The fraction of sp³-hybridized carbons (Fsp3) is 0. The molecule has 0 aromatic heterocycles. The molecule has 0 radical (unpaired) electrons. The van der Waals surface area contributed by atoms with E-state index in [0.29, 0.717) is 0 Å². The van der Waals surface area contributed by atoms with Crippen LogP contribution in [0.1, 0.15) is 0 Å². The molecule has 0 bridgehead atoms. The van der Waals surface area contributed by atoms with Gasteiger partial charge in [0.1, 0.15) is 5.82 Å². The van der Waals surface area contributed by atoms with E-state index in [1.165, 1.54) is 0 Å². The molecule has 6 heteroatoms. The number of nitrogens with one attached hydrogen (secondary N) is 1. The maximum absolute atomic E-state index is 12.7. The van der Waals surface area contributed by atoms with Crippen LogP contribution in [-0.2, 0) is 4.79 Å². The van der Waals surface area contributed by atoms with Crippen molar-refractivity contribution >= 4 is 34.9 Å². The Hall–Kier alpha value is -1.26. The second-order valence-electron chi connectivity index (χ2n) is 2.56. The highest BCUT2D eigenvalue weighted by Crippen LogP contribution is 2.31. The highest BCUT2D eigenvalue weighted by Gasteiger charge is 2.06. The molecule has 0 saturated carbocycles. The molecule has 0 aliphatic heterocycles. The maximum Gasteiger partial charge on any atom is 0.329 e. The first-order valence-corrected chi connectivity index (χ1v) is 4.57. The Morgan fingerprint density at radius 2 is 1.93 bits per heavy atom. The van der Waals surface area contributed by atoms with Crippen molar-refractivity contribution in [2.24, 2.45) is 0 Å². The van der Waals surface area contributed by atoms with E-state index in [1.54, 1.807) is 0 Å². The van der Waals surface area contributed by atoms with Crippen LogP contribution < -0.4 is 5.32 Å². The van der Waals surface area contributed by atoms with Crippen molar-refractivity contribution in [1.29, 1.82) is 0 Å². The summed E-state index contributed by atoms with van der Waals surface area (Å²) >= 11 is 11.4. The molecular formula is C9H6Cl2FNO2. The maximum atomic E-state index is 12.7. The van der Waals surface area contributed by atoms with Gasteiger partial charge in [-0.2, -0.15) is 0 Å². The fourth-order valence-electron chi connectivity index (χ4n) is 0.876. The average Bonchev–Trinajstić information content (AvgIpc) is 2.08. The summed E-state index contributed by atoms with van der Waals surface area (Å²) in [7, 11) is 0. The number of carboxylic acid groups (broad SMARTS) is 1. The lowest BCUT2D eigenvalue weighted by molar-refractivity contribution is -0.131. The van der Waals surface area contributed by atoms with Crippen molar-refractivity contribution in [2.75, 3.05) is 5.32 Å². The van der Waals surface area contributed by atoms with Crippen molar-refractivity contribution < 1.29 is 14.3 Å². The van der Waals surface area contributed by atoms with Gasteiger partial charge in [-0.1, -0.05) is 23.2 Å². The second-order valence-corrected chi connectivity index (χ2v) is 3.37. The van der Waals surface area contributed by atoms with Gasteiger partial charge >= 0.3 is 5.97 Å². The van der Waals surface area contributed by atoms with E-state index >= 15 is 0 Å². The predicted octanol–water partition coefficient (Wildman–Crippen LogP) is 3.14. The number of aliphatic carboxylic acids is 1. The molecule has 0 atom stereocenters. The Balaban J connectivity index is 2.90. The molecule has 2 N–H and O–H groups in total. The van der Waals surface area contributed by atoms with Crippen LogP contribution in [0.15, 0.2) is 24.4 Å². The molecule has 0 aliphatic carbocycles. The summed E-state index contributed by atoms with van der Waals surface area (Å²) in [4.78, 5) is 10.2. The van der Waals surface area contributed by atoms with E-state index in [4.69, 9.17) is 28.3 Å². The molecule has 0 saturated heterocycles. The van der Waals surface area contributed by atoms with Crippen molar-refractivity contribution in [3.63, 3.8) is 0 Å². The Morgan fingerprint density at radius 3 is 2.40 bits per heavy atom. The number of benzene rings is 1. The minimum atomic E-state index is -1.11. The number of hydrogen-bond donors (Lipinski definition) is 2. The molecule has 1 aromatic carbocycles. The van der Waals surface area contributed by atoms with Crippen molar-refractivity contribution in [2.45, 2.75) is 0 Å². The van der Waals surface area contributed by atoms with Crippen LogP contribution >= 0.6 is 23.2 Å². The minimum absolute atomic E-state index is 0.0787. The smallest absolute Gasteiger partial charge is 0.329 e. The van der Waals surface area contributed by atoms with Gasteiger partial charge in [-0.3, -0.25) is 0 Å². The molecule has 0 aliphatic rings. The first kappa shape index (κ1) is 11.8. The molecule has 0 amide bonds. The predicted molar refractivity (Wildman–Crippen MR) is 56.8 cm³/mol. The molecular weight excluding hydrogens is 244 g/mol. The molecule has 1 rings (SSSR count). The van der Waals surface area contributed by atoms with E-state index in [2.05, 4.69) is 5.32 Å². The van der Waals surface area contributed by atoms with Crippen LogP contribution in [0.2, 0.25) is 10.0 Å². The number of carbonyl (C=O) groups is 1. The van der Waals surface area contributed by atoms with Gasteiger partial charge in [0.15, 0.2) is 0 Å². The molecule has 15 heavy (non-hydrogen) atoms. The van der Waals surface area contributed by atoms with Gasteiger partial charge in [-0.25, -0.2) is 9.18 Å². The van der Waals surface area contributed by atoms with Crippen molar-refractivity contribution in [3.8, 4) is 0 Å². The zero-order valence-corrected chi connectivity index (χ0v) is 8.81. The lowest BCUT2D eigenvalue weighted by Crippen LogP contribution is -1.94. The Morgan fingerprint density at radius 1 is 1.40 bits per heavy atom. The number of anilines is 1. The van der Waals surface area contributed by atoms with Gasteiger partial charge in [-0.15, -0.1) is 0 Å². The number of halogens is 3. The largest absolute Gasteiger partial charge is 0.478 e. The van der Waals surface area contributed by atoms with Crippen LogP contribution in [0.3, 0.4) is 0 Å². The van der Waals surface area contributed by atoms with Crippen LogP contribution in [-0.4, -0.2) is 11.1 Å². The summed E-state index contributed by atoms with van der Waals surface area (Å²) in [5.74, 6) is -1.67. The summed E-state index contributed by atoms with van der Waals surface area (Å²) in [6.07, 6.45) is 2.02. The van der Waals surface area contributed by atoms with E-state index in [9.17, 15) is 9.18 Å². The molecule has 0 unspecified atom stereocenters. The lowest BCUT2D eigenvalue weighted by Gasteiger charge is -2.06. The number of carboxylic acids is 1. The number of rotatable bonds is 3. The SMILES string of the molecule is O=C(O)/C=C/Nc1c(Cl)cc(F)cc1Cl. The minimum Gasteiger partial charge on any atom is -0.478 e. The van der Waals surface area contributed by atoms with Gasteiger partial charge in [0.2, 0.25) is 0 Å². The van der Waals surface area contributed by atoms with E-state index in [-0.39, 0.29) is 15.7 Å². The molecule has 1 aromatic rings. The second kappa shape index (κ2) is 5.00. The Kier molecular flexibility index (Phi) is 3.94. The lowest BCUT2D eigenvalue weighted by atomic mass is 10.3. The quantitative estimate of drug-likeness (QED) is 0.810. The van der Waals surface area contributed by atoms with E-state index in [0.717, 1.165) is 24.4 Å². The molecule has 0 fully saturated rings. The standard InChI is InChI=1S/C9H6Cl2FNO2/c10-6-3-5(12)4-7(11)9(6)13-2-1-8(14)15/h1-4,13H,(H,14,15)/b2-1+. The van der Waals surface area contributed by atoms with Crippen LogP contribution in [0.5, 0.6) is 0 Å². The van der Waals surface area contributed by atoms with Crippen molar-refractivity contribution in [3.05, 3.63) is 40.3 Å². The first-order valence-electron chi connectivity index (χ1n) is 3.81. The van der Waals surface area contributed by atoms with Crippen LogP contribution in [0.4, 0.5) is 10.1 Å². The van der Waals surface area contributed by atoms with Gasteiger partial charge < -0.3 is 10.4 Å². The topological polar surface area (TPSA) is 49.3 Å². The normalized spacial score (nSPS) is 10.6. The van der Waals surface area contributed by atoms with Gasteiger partial charge in [0.25, 0.3) is 0 Å². The van der Waals surface area contributed by atoms with Gasteiger partial charge in [0, 0.05) is 12.3 Å². The first-order chi connectivity index (χ1) is 7.00. The highest BCUT2D eigenvalue weighted by molar-refractivity contribution is 6.39. The van der Waals surface area contributed by atoms with Gasteiger partial charge in [0.05, 0.1) is 15.7 Å². The highest BCUT2D eigenvalue weighted by atomic mass is 35.5. The molecule has 0 spiro atoms. The van der Waals surface area contributed by atoms with E-state index in [1.807, 2.05) is 0 Å². The van der Waals surface area contributed by atoms with Crippen LogP contribution in [0, 0.1) is 5.82 Å². The molecule has 0 heterocycles. The Labute approximate surface area is 95.1 Å². The summed E-state index contributed by atoms with van der Waals surface area (Å²) < 4.78 is 12.7. The average molecular weight is 250 g/mol. The van der Waals surface area contributed by atoms with Gasteiger partial charge in [-0.05, 0) is 12.1 Å². The third kappa shape index (κ3) is 3.42. The zero-order chi connectivity index (χ0) is 11.4. The summed E-state index contributed by atoms with van der Waals surface area (Å²) in [6, 6.07) is 2.15. The summed E-state index contributed by atoms with van der Waals surface area (Å²) in [5.41, 5.74) is 0.261. The van der Waals surface area contributed by atoms with Crippen LogP contribution in [0.25, 0.3) is 0 Å². The zero-order valence-electron chi connectivity index (χ0n) is 7.30. The third-order valence-electron chi connectivity index (χ3n) is 1.46. The fourth-order valence-corrected chi connectivity index (χ4v) is 1.45. The number of hydrogen-bond acceptors (Lipinski definition) is 2. The molecule has 3 nitrogen and oxygen atoms in total. The monoisotopic (exact) mass is 249 g/mol. The van der Waals surface area contributed by atoms with E-state index < -0.39 is 11.8 Å². The Bertz CT molecular complexity index is 398.